The molecule has 17 heavy (non-hydrogen) atoms. The summed E-state index contributed by atoms with van der Waals surface area (Å²) >= 11 is 4.87. The van der Waals surface area contributed by atoms with E-state index in [1.807, 2.05) is 30.3 Å². The van der Waals surface area contributed by atoms with E-state index in [1.165, 1.54) is 0 Å². The minimum Gasteiger partial charge on any atom is -0.480 e. The summed E-state index contributed by atoms with van der Waals surface area (Å²) in [5, 5.41) is 11.9. The van der Waals surface area contributed by atoms with Gasteiger partial charge in [-0.25, -0.2) is 4.79 Å². The monoisotopic (exact) mass is 253 g/mol. The number of aliphatic carboxylic acids is 1. The molecule has 1 rings (SSSR count). The molecule has 1 unspecified atom stereocenters. The van der Waals surface area contributed by atoms with Crippen molar-refractivity contribution in [2.75, 3.05) is 6.61 Å². The van der Waals surface area contributed by atoms with Gasteiger partial charge in [0.1, 0.15) is 6.04 Å². The minimum absolute atomic E-state index is 0.121. The van der Waals surface area contributed by atoms with Crippen LogP contribution < -0.4 is 5.32 Å². The highest BCUT2D eigenvalue weighted by molar-refractivity contribution is 7.80. The highest BCUT2D eigenvalue weighted by Gasteiger charge is 2.19. The summed E-state index contributed by atoms with van der Waals surface area (Å²) in [7, 11) is 0. The lowest BCUT2D eigenvalue weighted by molar-refractivity contribution is -0.139. The standard InChI is InChI=1S/C12H15NO3S/c1-2-16-12(17)13-10(11(14)15)8-9-6-4-3-5-7-9/h3-7,10H,2,8H2,1H3,(H,13,17)(H,14,15). The molecule has 0 spiro atoms. The molecule has 1 aromatic carbocycles. The highest BCUT2D eigenvalue weighted by atomic mass is 32.1. The molecule has 1 atom stereocenters. The average Bonchev–Trinajstić information content (AvgIpc) is 2.29. The van der Waals surface area contributed by atoms with Crippen molar-refractivity contribution in [2.45, 2.75) is 19.4 Å². The van der Waals surface area contributed by atoms with Gasteiger partial charge < -0.3 is 15.2 Å². The predicted octanol–water partition coefficient (Wildman–Crippen LogP) is 1.59. The summed E-state index contributed by atoms with van der Waals surface area (Å²) in [6, 6.07) is 8.61. The second kappa shape index (κ2) is 6.85. The molecule has 0 saturated heterocycles. The van der Waals surface area contributed by atoms with Gasteiger partial charge in [-0.3, -0.25) is 0 Å². The van der Waals surface area contributed by atoms with Gasteiger partial charge in [-0.05, 0) is 24.7 Å². The van der Waals surface area contributed by atoms with Crippen LogP contribution in [0.5, 0.6) is 0 Å². The van der Waals surface area contributed by atoms with E-state index in [2.05, 4.69) is 5.32 Å². The van der Waals surface area contributed by atoms with Crippen molar-refractivity contribution in [2.24, 2.45) is 0 Å². The van der Waals surface area contributed by atoms with Gasteiger partial charge in [-0.2, -0.15) is 0 Å². The van der Waals surface area contributed by atoms with Gasteiger partial charge in [-0.1, -0.05) is 30.3 Å². The predicted molar refractivity (Wildman–Crippen MR) is 68.9 cm³/mol. The third-order valence-corrected chi connectivity index (χ3v) is 2.38. The van der Waals surface area contributed by atoms with E-state index in [0.29, 0.717) is 13.0 Å². The van der Waals surface area contributed by atoms with E-state index in [-0.39, 0.29) is 5.17 Å². The van der Waals surface area contributed by atoms with Crippen LogP contribution in [-0.2, 0) is 16.0 Å². The maximum Gasteiger partial charge on any atom is 0.326 e. The van der Waals surface area contributed by atoms with E-state index in [9.17, 15) is 4.79 Å². The zero-order valence-corrected chi connectivity index (χ0v) is 10.4. The SMILES string of the molecule is CCOC(=S)NC(Cc1ccccc1)C(=O)O. The molecule has 0 aromatic heterocycles. The molecule has 0 heterocycles. The smallest absolute Gasteiger partial charge is 0.326 e. The van der Waals surface area contributed by atoms with Crippen molar-refractivity contribution >= 4 is 23.4 Å². The molecule has 0 saturated carbocycles. The maximum atomic E-state index is 11.1. The first-order chi connectivity index (χ1) is 8.13. The zero-order chi connectivity index (χ0) is 12.7. The van der Waals surface area contributed by atoms with Gasteiger partial charge in [0.05, 0.1) is 6.61 Å². The molecule has 5 heteroatoms. The van der Waals surface area contributed by atoms with Crippen LogP contribution in [0.25, 0.3) is 0 Å². The summed E-state index contributed by atoms with van der Waals surface area (Å²) in [5.41, 5.74) is 0.937. The van der Waals surface area contributed by atoms with Gasteiger partial charge in [0.15, 0.2) is 0 Å². The average molecular weight is 253 g/mol. The molecule has 92 valence electrons. The van der Waals surface area contributed by atoms with Crippen molar-refractivity contribution in [3.8, 4) is 0 Å². The van der Waals surface area contributed by atoms with Crippen molar-refractivity contribution in [1.29, 1.82) is 0 Å². The third kappa shape index (κ3) is 4.82. The van der Waals surface area contributed by atoms with Crippen LogP contribution in [0.15, 0.2) is 30.3 Å². The van der Waals surface area contributed by atoms with Gasteiger partial charge in [0.2, 0.25) is 0 Å². The molecule has 2 N–H and O–H groups in total. The number of carbonyl (C=O) groups is 1. The normalized spacial score (nSPS) is 11.6. The van der Waals surface area contributed by atoms with Crippen LogP contribution >= 0.6 is 12.2 Å². The summed E-state index contributed by atoms with van der Waals surface area (Å²) in [4.78, 5) is 11.1. The number of rotatable bonds is 5. The van der Waals surface area contributed by atoms with Crippen molar-refractivity contribution < 1.29 is 14.6 Å². The lowest BCUT2D eigenvalue weighted by Gasteiger charge is -2.16. The van der Waals surface area contributed by atoms with E-state index < -0.39 is 12.0 Å². The fraction of sp³-hybridized carbons (Fsp3) is 0.333. The molecule has 0 aliphatic heterocycles. The van der Waals surface area contributed by atoms with Gasteiger partial charge in [-0.15, -0.1) is 0 Å². The summed E-state index contributed by atoms with van der Waals surface area (Å²) in [6.07, 6.45) is 0.364. The second-order valence-electron chi connectivity index (χ2n) is 3.45. The number of thiocarbonyl (C=S) groups is 1. The first-order valence-corrected chi connectivity index (χ1v) is 5.74. The van der Waals surface area contributed by atoms with Crippen molar-refractivity contribution in [3.05, 3.63) is 35.9 Å². The molecular weight excluding hydrogens is 238 g/mol. The largest absolute Gasteiger partial charge is 0.480 e. The molecule has 4 nitrogen and oxygen atoms in total. The van der Waals surface area contributed by atoms with Crippen molar-refractivity contribution in [3.63, 3.8) is 0 Å². The van der Waals surface area contributed by atoms with E-state index in [1.54, 1.807) is 6.92 Å². The summed E-state index contributed by atoms with van der Waals surface area (Å²) < 4.78 is 5.02. The highest BCUT2D eigenvalue weighted by Crippen LogP contribution is 2.03. The molecular formula is C12H15NO3S. The Morgan fingerprint density at radius 1 is 1.47 bits per heavy atom. The topological polar surface area (TPSA) is 58.6 Å². The number of carboxylic acid groups (broad SMARTS) is 1. The van der Waals surface area contributed by atoms with Gasteiger partial charge in [0, 0.05) is 6.42 Å². The molecule has 1 aromatic rings. The Morgan fingerprint density at radius 2 is 2.12 bits per heavy atom. The van der Waals surface area contributed by atoms with Crippen LogP contribution in [0.1, 0.15) is 12.5 Å². The van der Waals surface area contributed by atoms with Crippen molar-refractivity contribution in [1.82, 2.24) is 5.32 Å². The first kappa shape index (κ1) is 13.4. The van der Waals surface area contributed by atoms with Crippen LogP contribution in [0.4, 0.5) is 0 Å². The fourth-order valence-electron chi connectivity index (χ4n) is 1.36. The third-order valence-electron chi connectivity index (χ3n) is 2.15. The summed E-state index contributed by atoms with van der Waals surface area (Å²) in [6.45, 7) is 2.21. The maximum absolute atomic E-state index is 11.1. The number of hydrogen-bond donors (Lipinski definition) is 2. The van der Waals surface area contributed by atoms with E-state index in [0.717, 1.165) is 5.56 Å². The van der Waals surface area contributed by atoms with Gasteiger partial charge >= 0.3 is 5.97 Å². The molecule has 0 aliphatic carbocycles. The van der Waals surface area contributed by atoms with E-state index in [4.69, 9.17) is 22.1 Å². The Hall–Kier alpha value is -1.62. The quantitative estimate of drug-likeness (QED) is 0.780. The lowest BCUT2D eigenvalue weighted by atomic mass is 10.1. The van der Waals surface area contributed by atoms with Gasteiger partial charge in [0.25, 0.3) is 5.17 Å². The Balaban J connectivity index is 2.61. The Kier molecular flexibility index (Phi) is 5.42. The second-order valence-corrected chi connectivity index (χ2v) is 3.82. The Labute approximate surface area is 106 Å². The first-order valence-electron chi connectivity index (χ1n) is 5.33. The number of ether oxygens (including phenoxy) is 1. The number of carboxylic acids is 1. The van der Waals surface area contributed by atoms with Crippen LogP contribution in [-0.4, -0.2) is 28.9 Å². The molecule has 0 radical (unpaired) electrons. The molecule has 0 amide bonds. The molecule has 0 bridgehead atoms. The van der Waals surface area contributed by atoms with E-state index >= 15 is 0 Å². The fourth-order valence-corrected chi connectivity index (χ4v) is 1.63. The lowest BCUT2D eigenvalue weighted by Crippen LogP contribution is -2.42. The van der Waals surface area contributed by atoms with Crippen LogP contribution in [0.3, 0.4) is 0 Å². The minimum atomic E-state index is -0.948. The zero-order valence-electron chi connectivity index (χ0n) is 9.55. The Morgan fingerprint density at radius 3 is 2.65 bits per heavy atom. The summed E-state index contributed by atoms with van der Waals surface area (Å²) in [5.74, 6) is -0.948. The van der Waals surface area contributed by atoms with Crippen LogP contribution in [0, 0.1) is 0 Å². The molecule has 0 aliphatic rings. The Bertz CT molecular complexity index is 381. The van der Waals surface area contributed by atoms with Crippen LogP contribution in [0.2, 0.25) is 0 Å². The number of benzene rings is 1. The number of hydrogen-bond acceptors (Lipinski definition) is 3. The number of nitrogens with one attached hydrogen (secondary N) is 1. The molecule has 0 fully saturated rings.